The molecule has 3 N–H and O–H groups in total. The van der Waals surface area contributed by atoms with Crippen LogP contribution in [-0.2, 0) is 24.3 Å². The molecule has 2 atom stereocenters. The summed E-state index contributed by atoms with van der Waals surface area (Å²) in [6.07, 6.45) is 6.06. The molecule has 7 nitrogen and oxygen atoms in total. The number of nitrogens with one attached hydrogen (secondary N) is 1. The number of halogens is 2. The van der Waals surface area contributed by atoms with Gasteiger partial charge in [-0.05, 0) is 55.1 Å². The Morgan fingerprint density at radius 2 is 2.00 bits per heavy atom. The Bertz CT molecular complexity index is 1000. The molecular formula is C24H32F2N6OS. The van der Waals surface area contributed by atoms with Crippen molar-refractivity contribution in [1.29, 1.82) is 0 Å². The topological polar surface area (TPSA) is 79.4 Å². The van der Waals surface area contributed by atoms with Crippen LogP contribution >= 0.6 is 11.9 Å². The van der Waals surface area contributed by atoms with Gasteiger partial charge in [0.15, 0.2) is 12.3 Å². The number of rotatable bonds is 7. The largest absolute Gasteiger partial charge is 0.391 e. The van der Waals surface area contributed by atoms with Gasteiger partial charge in [-0.3, -0.25) is 4.79 Å². The zero-order chi connectivity index (χ0) is 24.5. The minimum Gasteiger partial charge on any atom is -0.391 e. The van der Waals surface area contributed by atoms with E-state index in [9.17, 15) is 8.78 Å². The number of nitrogens with zero attached hydrogens (tertiary/aromatic N) is 4. The maximum atomic E-state index is 13.7. The molecule has 0 bridgehead atoms. The van der Waals surface area contributed by atoms with E-state index in [1.54, 1.807) is 23.0 Å². The average molecular weight is 491 g/mol. The first kappa shape index (κ1) is 25.8. The summed E-state index contributed by atoms with van der Waals surface area (Å²) in [5.74, 6) is 0.676. The van der Waals surface area contributed by atoms with Gasteiger partial charge >= 0.3 is 0 Å². The number of hydrogen-bond acceptors (Lipinski definition) is 6. The van der Waals surface area contributed by atoms with Crippen molar-refractivity contribution in [1.82, 2.24) is 19.2 Å². The second-order valence-electron chi connectivity index (χ2n) is 8.05. The molecule has 1 amide bonds. The van der Waals surface area contributed by atoms with Crippen molar-refractivity contribution in [2.75, 3.05) is 31.6 Å². The maximum Gasteiger partial charge on any atom is 0.204 e. The van der Waals surface area contributed by atoms with Crippen molar-refractivity contribution in [3.8, 4) is 0 Å². The highest BCUT2D eigenvalue weighted by Crippen LogP contribution is 2.30. The average Bonchev–Trinajstić information content (AvgIpc) is 3.44. The lowest BCUT2D eigenvalue weighted by atomic mass is 10.1. The Labute approximate surface area is 203 Å². The van der Waals surface area contributed by atoms with Crippen molar-refractivity contribution in [3.63, 3.8) is 0 Å². The lowest BCUT2D eigenvalue weighted by Gasteiger charge is -2.28. The smallest absolute Gasteiger partial charge is 0.204 e. The van der Waals surface area contributed by atoms with Crippen LogP contribution in [0.2, 0.25) is 0 Å². The fourth-order valence-corrected chi connectivity index (χ4v) is 4.96. The van der Waals surface area contributed by atoms with E-state index in [4.69, 9.17) is 4.79 Å². The predicted molar refractivity (Wildman–Crippen MR) is 134 cm³/mol. The normalized spacial score (nSPS) is 21.0. The van der Waals surface area contributed by atoms with Gasteiger partial charge < -0.3 is 20.5 Å². The highest BCUT2D eigenvalue weighted by molar-refractivity contribution is 8.01. The molecule has 34 heavy (non-hydrogen) atoms. The number of nitrogens with two attached hydrogens (primary N) is 1. The van der Waals surface area contributed by atoms with Crippen LogP contribution in [0.4, 0.5) is 14.6 Å². The standard InChI is InChI=1S/C23H29F2N5S.CH3NO/c1-17(26-2)22(31-30-13-12-28-11-5-8-19(28)14-30)9-3-6-18-7-4-10-27-23(18)29-15-20(24)21(25)16-29;2-1-3/h3-5,7-11,20-21,26H,6,12-16H2,1-2H3;1H,(H2,2,3)/b9-3+,22-17+;. The Morgan fingerprint density at radius 1 is 1.26 bits per heavy atom. The summed E-state index contributed by atoms with van der Waals surface area (Å²) in [7, 11) is 1.93. The van der Waals surface area contributed by atoms with Crippen LogP contribution in [-0.4, -0.2) is 59.3 Å². The summed E-state index contributed by atoms with van der Waals surface area (Å²) < 4.78 is 32.0. The fourth-order valence-electron chi connectivity index (χ4n) is 3.92. The molecule has 2 aliphatic rings. The van der Waals surface area contributed by atoms with Gasteiger partial charge in [0.05, 0.1) is 13.1 Å². The van der Waals surface area contributed by atoms with E-state index in [2.05, 4.69) is 62.3 Å². The summed E-state index contributed by atoms with van der Waals surface area (Å²) in [6, 6.07) is 8.12. The number of carbonyl (C=O) groups is 1. The monoisotopic (exact) mass is 490 g/mol. The lowest BCUT2D eigenvalue weighted by molar-refractivity contribution is -0.106. The number of carbonyl (C=O) groups excluding carboxylic acids is 1. The van der Waals surface area contributed by atoms with E-state index in [0.717, 1.165) is 35.8 Å². The third-order valence-corrected chi connectivity index (χ3v) is 6.99. The summed E-state index contributed by atoms with van der Waals surface area (Å²) in [5, 5.41) is 3.26. The van der Waals surface area contributed by atoms with Crippen molar-refractivity contribution in [2.24, 2.45) is 5.73 Å². The molecule has 184 valence electrons. The number of primary amides is 1. The van der Waals surface area contributed by atoms with E-state index in [1.165, 1.54) is 5.69 Å². The minimum absolute atomic E-state index is 0.0610. The number of anilines is 1. The minimum atomic E-state index is -1.44. The van der Waals surface area contributed by atoms with Gasteiger partial charge in [0.2, 0.25) is 6.41 Å². The lowest BCUT2D eigenvalue weighted by Crippen LogP contribution is -2.28. The molecule has 0 radical (unpaired) electrons. The molecule has 2 unspecified atom stereocenters. The van der Waals surface area contributed by atoms with Crippen LogP contribution in [0, 0.1) is 0 Å². The van der Waals surface area contributed by atoms with Crippen molar-refractivity contribution < 1.29 is 13.6 Å². The first-order valence-corrected chi connectivity index (χ1v) is 12.0. The highest BCUT2D eigenvalue weighted by Gasteiger charge is 2.34. The Balaban J connectivity index is 0.00000103. The quantitative estimate of drug-likeness (QED) is 0.353. The first-order valence-electron chi connectivity index (χ1n) is 11.2. The van der Waals surface area contributed by atoms with Crippen LogP contribution in [0.15, 0.2) is 59.4 Å². The summed E-state index contributed by atoms with van der Waals surface area (Å²) in [4.78, 5) is 15.9. The second kappa shape index (κ2) is 12.6. The van der Waals surface area contributed by atoms with Crippen LogP contribution < -0.4 is 16.0 Å². The van der Waals surface area contributed by atoms with Gasteiger partial charge in [-0.2, -0.15) is 0 Å². The summed E-state index contributed by atoms with van der Waals surface area (Å²) in [6.45, 7) is 5.07. The molecular weight excluding hydrogens is 458 g/mol. The van der Waals surface area contributed by atoms with Crippen LogP contribution in [0.1, 0.15) is 18.2 Å². The number of allylic oxidation sites excluding steroid dienone is 3. The predicted octanol–water partition coefficient (Wildman–Crippen LogP) is 3.19. The number of pyridine rings is 1. The Kier molecular flexibility index (Phi) is 9.52. The molecule has 2 aliphatic heterocycles. The first-order chi connectivity index (χ1) is 16.5. The number of hydrogen-bond donors (Lipinski definition) is 2. The Morgan fingerprint density at radius 3 is 2.71 bits per heavy atom. The molecule has 4 heterocycles. The third kappa shape index (κ3) is 6.60. The zero-order valence-electron chi connectivity index (χ0n) is 19.5. The molecule has 4 rings (SSSR count). The van der Waals surface area contributed by atoms with E-state index in [0.29, 0.717) is 12.2 Å². The molecule has 1 fully saturated rings. The number of fused-ring (bicyclic) bond motifs is 1. The molecule has 1 saturated heterocycles. The van der Waals surface area contributed by atoms with Gasteiger partial charge in [-0.15, -0.1) is 0 Å². The van der Waals surface area contributed by atoms with Gasteiger partial charge in [0, 0.05) is 55.4 Å². The molecule has 0 aromatic carbocycles. The fraction of sp³-hybridized carbons (Fsp3) is 0.417. The molecule has 0 aliphatic carbocycles. The molecule has 2 aromatic heterocycles. The highest BCUT2D eigenvalue weighted by atomic mass is 32.2. The van der Waals surface area contributed by atoms with Crippen LogP contribution in [0.25, 0.3) is 0 Å². The summed E-state index contributed by atoms with van der Waals surface area (Å²) >= 11 is 1.76. The van der Waals surface area contributed by atoms with E-state index >= 15 is 0 Å². The third-order valence-electron chi connectivity index (χ3n) is 5.78. The van der Waals surface area contributed by atoms with Crippen LogP contribution in [0.5, 0.6) is 0 Å². The van der Waals surface area contributed by atoms with E-state index in [-0.39, 0.29) is 19.5 Å². The molecule has 10 heteroatoms. The van der Waals surface area contributed by atoms with Crippen molar-refractivity contribution in [3.05, 3.63) is 70.7 Å². The zero-order valence-corrected chi connectivity index (χ0v) is 20.3. The van der Waals surface area contributed by atoms with Gasteiger partial charge in [0.1, 0.15) is 5.82 Å². The SMILES string of the molecule is CN/C(C)=C(\C=C\Cc1cccnc1N1CC(F)C(F)C1)SN1CCn2cccc2C1.NC=O. The number of alkyl halides is 2. The Hall–Kier alpha value is -2.85. The molecule has 2 aromatic rings. The number of amides is 1. The molecule has 0 saturated carbocycles. The van der Waals surface area contributed by atoms with Crippen molar-refractivity contribution >= 4 is 24.2 Å². The van der Waals surface area contributed by atoms with Gasteiger partial charge in [0.25, 0.3) is 0 Å². The van der Waals surface area contributed by atoms with Gasteiger partial charge in [-0.1, -0.05) is 12.1 Å². The second-order valence-corrected chi connectivity index (χ2v) is 9.19. The summed E-state index contributed by atoms with van der Waals surface area (Å²) in [5.41, 5.74) is 7.57. The van der Waals surface area contributed by atoms with Gasteiger partial charge in [-0.25, -0.2) is 18.1 Å². The van der Waals surface area contributed by atoms with E-state index < -0.39 is 12.3 Å². The van der Waals surface area contributed by atoms with Crippen molar-refractivity contribution in [2.45, 2.75) is 38.8 Å². The van der Waals surface area contributed by atoms with E-state index in [1.807, 2.05) is 19.2 Å². The van der Waals surface area contributed by atoms with Crippen LogP contribution in [0.3, 0.4) is 0 Å². The maximum absolute atomic E-state index is 13.7. The molecule has 0 spiro atoms. The number of aromatic nitrogens is 2.